The van der Waals surface area contributed by atoms with Gasteiger partial charge in [0.1, 0.15) is 11.6 Å². The fourth-order valence-electron chi connectivity index (χ4n) is 3.15. The molecule has 0 radical (unpaired) electrons. The number of aryl methyl sites for hydroxylation is 1. The first kappa shape index (κ1) is 19.9. The van der Waals surface area contributed by atoms with Crippen LogP contribution in [0, 0.1) is 25.5 Å². The molecular formula is C22H18F2N4OS. The van der Waals surface area contributed by atoms with Crippen molar-refractivity contribution < 1.29 is 13.6 Å². The number of halogens is 2. The highest BCUT2D eigenvalue weighted by molar-refractivity contribution is 7.12. The van der Waals surface area contributed by atoms with Crippen molar-refractivity contribution in [3.8, 4) is 16.4 Å². The summed E-state index contributed by atoms with van der Waals surface area (Å²) >= 11 is 1.41. The fraction of sp³-hybridized carbons (Fsp3) is 0.136. The van der Waals surface area contributed by atoms with Crippen LogP contribution in [0.15, 0.2) is 53.9 Å². The summed E-state index contributed by atoms with van der Waals surface area (Å²) in [5.74, 6) is -1.10. The first-order valence-corrected chi connectivity index (χ1v) is 10.1. The average Bonchev–Trinajstić information content (AvgIpc) is 3.31. The summed E-state index contributed by atoms with van der Waals surface area (Å²) < 4.78 is 28.6. The molecule has 2 heterocycles. The summed E-state index contributed by atoms with van der Waals surface area (Å²) in [6.45, 7) is 3.69. The zero-order chi connectivity index (χ0) is 21.3. The van der Waals surface area contributed by atoms with E-state index in [-0.39, 0.29) is 23.8 Å². The molecule has 0 unspecified atom stereocenters. The number of nitrogens with zero attached hydrogens (tertiary/aromatic N) is 3. The van der Waals surface area contributed by atoms with Gasteiger partial charge < -0.3 is 5.32 Å². The summed E-state index contributed by atoms with van der Waals surface area (Å²) in [5, 5.41) is 9.65. The van der Waals surface area contributed by atoms with E-state index in [2.05, 4.69) is 15.4 Å². The molecule has 0 fully saturated rings. The molecule has 5 nitrogen and oxygen atoms in total. The van der Waals surface area contributed by atoms with E-state index in [1.165, 1.54) is 35.6 Å². The SMILES string of the molecule is Cc1nn(-c2nc(-c3ccc(F)cc3)cs2)c(C)c1CC(=O)Nc1ccccc1F. The largest absolute Gasteiger partial charge is 0.323 e. The number of rotatable bonds is 5. The van der Waals surface area contributed by atoms with Crippen molar-refractivity contribution >= 4 is 22.9 Å². The van der Waals surface area contributed by atoms with Crippen LogP contribution in [-0.4, -0.2) is 20.7 Å². The van der Waals surface area contributed by atoms with E-state index in [9.17, 15) is 13.6 Å². The van der Waals surface area contributed by atoms with Crippen molar-refractivity contribution in [1.29, 1.82) is 0 Å². The number of para-hydroxylation sites is 1. The van der Waals surface area contributed by atoms with Crippen LogP contribution >= 0.6 is 11.3 Å². The van der Waals surface area contributed by atoms with Crippen LogP contribution in [0.25, 0.3) is 16.4 Å². The number of aromatic nitrogens is 3. The molecule has 4 rings (SSSR count). The predicted octanol–water partition coefficient (Wildman–Crippen LogP) is 5.07. The lowest BCUT2D eigenvalue weighted by Gasteiger charge is -2.06. The van der Waals surface area contributed by atoms with Crippen LogP contribution in [0.3, 0.4) is 0 Å². The third-order valence-electron chi connectivity index (χ3n) is 4.74. The number of thiazole rings is 1. The topological polar surface area (TPSA) is 59.8 Å². The molecule has 0 aliphatic carbocycles. The molecule has 0 saturated heterocycles. The Morgan fingerprint density at radius 1 is 1.10 bits per heavy atom. The monoisotopic (exact) mass is 424 g/mol. The minimum Gasteiger partial charge on any atom is -0.323 e. The first-order valence-electron chi connectivity index (χ1n) is 9.23. The molecule has 1 amide bonds. The zero-order valence-corrected chi connectivity index (χ0v) is 17.1. The smallest absolute Gasteiger partial charge is 0.229 e. The highest BCUT2D eigenvalue weighted by Crippen LogP contribution is 2.26. The molecule has 8 heteroatoms. The highest BCUT2D eigenvalue weighted by Gasteiger charge is 2.18. The molecule has 152 valence electrons. The number of amides is 1. The number of hydrogen-bond acceptors (Lipinski definition) is 4. The van der Waals surface area contributed by atoms with Crippen molar-refractivity contribution in [2.45, 2.75) is 20.3 Å². The molecular weight excluding hydrogens is 406 g/mol. The maximum atomic E-state index is 13.8. The van der Waals surface area contributed by atoms with Gasteiger partial charge in [-0.1, -0.05) is 12.1 Å². The maximum Gasteiger partial charge on any atom is 0.229 e. The van der Waals surface area contributed by atoms with E-state index in [4.69, 9.17) is 0 Å². The Morgan fingerprint density at radius 2 is 1.83 bits per heavy atom. The zero-order valence-electron chi connectivity index (χ0n) is 16.3. The Hall–Kier alpha value is -3.39. The van der Waals surface area contributed by atoms with E-state index < -0.39 is 5.82 Å². The number of carbonyl (C=O) groups is 1. The van der Waals surface area contributed by atoms with E-state index in [0.717, 1.165) is 22.5 Å². The summed E-state index contributed by atoms with van der Waals surface area (Å²) in [6.07, 6.45) is 0.0716. The van der Waals surface area contributed by atoms with Crippen LogP contribution in [0.5, 0.6) is 0 Å². The minimum atomic E-state index is -0.480. The fourth-order valence-corrected chi connectivity index (χ4v) is 3.98. The van der Waals surface area contributed by atoms with Gasteiger partial charge in [0.2, 0.25) is 11.0 Å². The van der Waals surface area contributed by atoms with E-state index in [1.54, 1.807) is 28.9 Å². The predicted molar refractivity (Wildman–Crippen MR) is 113 cm³/mol. The number of nitrogens with one attached hydrogen (secondary N) is 1. The summed E-state index contributed by atoms with van der Waals surface area (Å²) in [6, 6.07) is 12.2. The van der Waals surface area contributed by atoms with Gasteiger partial charge in [0.05, 0.1) is 23.5 Å². The Bertz CT molecular complexity index is 1210. The molecule has 0 spiro atoms. The standard InChI is InChI=1S/C22H18F2N4OS/c1-13-17(11-21(29)25-19-6-4-3-5-18(19)24)14(2)28(27-13)22-26-20(12-30-22)15-7-9-16(23)10-8-15/h3-10,12H,11H2,1-2H3,(H,25,29). The highest BCUT2D eigenvalue weighted by atomic mass is 32.1. The minimum absolute atomic E-state index is 0.0716. The van der Waals surface area contributed by atoms with Gasteiger partial charge in [-0.3, -0.25) is 4.79 Å². The normalized spacial score (nSPS) is 10.9. The van der Waals surface area contributed by atoms with E-state index >= 15 is 0 Å². The van der Waals surface area contributed by atoms with Crippen LogP contribution < -0.4 is 5.32 Å². The van der Waals surface area contributed by atoms with Crippen molar-refractivity contribution in [3.63, 3.8) is 0 Å². The van der Waals surface area contributed by atoms with Crippen LogP contribution in [-0.2, 0) is 11.2 Å². The van der Waals surface area contributed by atoms with Crippen molar-refractivity contribution in [2.24, 2.45) is 0 Å². The number of hydrogen-bond donors (Lipinski definition) is 1. The molecule has 1 N–H and O–H groups in total. The molecule has 4 aromatic rings. The molecule has 0 saturated carbocycles. The van der Waals surface area contributed by atoms with Gasteiger partial charge in [-0.25, -0.2) is 18.4 Å². The van der Waals surface area contributed by atoms with E-state index in [1.807, 2.05) is 19.2 Å². The molecule has 2 aromatic carbocycles. The molecule has 30 heavy (non-hydrogen) atoms. The maximum absolute atomic E-state index is 13.8. The van der Waals surface area contributed by atoms with Gasteiger partial charge in [0.25, 0.3) is 0 Å². The summed E-state index contributed by atoms with van der Waals surface area (Å²) in [7, 11) is 0. The van der Waals surface area contributed by atoms with Gasteiger partial charge in [0, 0.05) is 22.2 Å². The summed E-state index contributed by atoms with van der Waals surface area (Å²) in [5.41, 5.74) is 3.94. The third-order valence-corrected chi connectivity index (χ3v) is 5.56. The Morgan fingerprint density at radius 3 is 2.57 bits per heavy atom. The van der Waals surface area contributed by atoms with Crippen molar-refractivity contribution in [2.75, 3.05) is 5.32 Å². The summed E-state index contributed by atoms with van der Waals surface area (Å²) in [4.78, 5) is 17.0. The van der Waals surface area contributed by atoms with Crippen LogP contribution in [0.1, 0.15) is 17.0 Å². The lowest BCUT2D eigenvalue weighted by molar-refractivity contribution is -0.115. The lowest BCUT2D eigenvalue weighted by atomic mass is 10.1. The quantitative estimate of drug-likeness (QED) is 0.487. The van der Waals surface area contributed by atoms with Gasteiger partial charge in [-0.15, -0.1) is 11.3 Å². The lowest BCUT2D eigenvalue weighted by Crippen LogP contribution is -2.16. The van der Waals surface area contributed by atoms with Gasteiger partial charge in [0.15, 0.2) is 0 Å². The second kappa shape index (κ2) is 8.16. The third kappa shape index (κ3) is 3.99. The Kier molecular flexibility index (Phi) is 5.41. The first-order chi connectivity index (χ1) is 14.4. The number of anilines is 1. The molecule has 0 aliphatic heterocycles. The molecule has 0 aliphatic rings. The molecule has 0 bridgehead atoms. The van der Waals surface area contributed by atoms with Crippen LogP contribution in [0.4, 0.5) is 14.5 Å². The van der Waals surface area contributed by atoms with Crippen LogP contribution in [0.2, 0.25) is 0 Å². The molecule has 0 atom stereocenters. The second-order valence-electron chi connectivity index (χ2n) is 6.79. The van der Waals surface area contributed by atoms with Crippen molar-refractivity contribution in [1.82, 2.24) is 14.8 Å². The van der Waals surface area contributed by atoms with E-state index in [0.29, 0.717) is 10.8 Å². The molecule has 2 aromatic heterocycles. The van der Waals surface area contributed by atoms with Gasteiger partial charge in [-0.05, 0) is 50.2 Å². The number of carbonyl (C=O) groups excluding carboxylic acids is 1. The average molecular weight is 424 g/mol. The second-order valence-corrected chi connectivity index (χ2v) is 7.62. The van der Waals surface area contributed by atoms with Gasteiger partial charge in [-0.2, -0.15) is 5.10 Å². The Balaban J connectivity index is 1.56. The number of benzene rings is 2. The Labute approximate surface area is 176 Å². The van der Waals surface area contributed by atoms with Gasteiger partial charge >= 0.3 is 0 Å². The van der Waals surface area contributed by atoms with Crippen molar-refractivity contribution in [3.05, 3.63) is 82.5 Å².